The quantitative estimate of drug-likeness (QED) is 0.436. The largest absolute Gasteiger partial charge is 0.369 e. The van der Waals surface area contributed by atoms with Gasteiger partial charge in [-0.2, -0.15) is 5.10 Å². The number of pyridine rings is 1. The van der Waals surface area contributed by atoms with E-state index in [-0.39, 0.29) is 5.96 Å². The van der Waals surface area contributed by atoms with Crippen molar-refractivity contribution in [1.82, 2.24) is 14.4 Å². The number of thiazole rings is 1. The average molecular weight is 313 g/mol. The minimum absolute atomic E-state index is 0.0827. The van der Waals surface area contributed by atoms with E-state index in [1.165, 1.54) is 4.88 Å². The van der Waals surface area contributed by atoms with E-state index >= 15 is 0 Å². The van der Waals surface area contributed by atoms with Crippen molar-refractivity contribution in [3.63, 3.8) is 0 Å². The van der Waals surface area contributed by atoms with E-state index < -0.39 is 0 Å². The Bertz CT molecular complexity index is 870. The van der Waals surface area contributed by atoms with Crippen LogP contribution >= 0.6 is 11.3 Å². The molecule has 0 saturated carbocycles. The fourth-order valence-corrected chi connectivity index (χ4v) is 3.14. The van der Waals surface area contributed by atoms with Crippen LogP contribution in [0.4, 0.5) is 0 Å². The van der Waals surface area contributed by atoms with Gasteiger partial charge in [-0.25, -0.2) is 4.98 Å². The fraction of sp³-hybridized carbons (Fsp3) is 0.143. The minimum Gasteiger partial charge on any atom is -0.369 e. The van der Waals surface area contributed by atoms with E-state index in [0.717, 1.165) is 27.6 Å². The maximum absolute atomic E-state index is 5.31. The van der Waals surface area contributed by atoms with Crippen LogP contribution in [0.2, 0.25) is 0 Å². The molecule has 7 nitrogen and oxygen atoms in total. The molecule has 0 spiro atoms. The van der Waals surface area contributed by atoms with Gasteiger partial charge in [-0.05, 0) is 26.0 Å². The second kappa shape index (κ2) is 5.57. The fourth-order valence-electron chi connectivity index (χ4n) is 2.16. The number of imidazole rings is 1. The lowest BCUT2D eigenvalue weighted by Crippen LogP contribution is -2.21. The van der Waals surface area contributed by atoms with Gasteiger partial charge in [0, 0.05) is 28.5 Å². The maximum Gasteiger partial charge on any atom is 0.211 e. The minimum atomic E-state index is -0.0827. The van der Waals surface area contributed by atoms with Gasteiger partial charge < -0.3 is 11.5 Å². The number of guanidine groups is 1. The van der Waals surface area contributed by atoms with Gasteiger partial charge in [0.05, 0.1) is 17.6 Å². The Labute approximate surface area is 131 Å². The normalized spacial score (nSPS) is 11.4. The number of fused-ring (bicyclic) bond motifs is 1. The van der Waals surface area contributed by atoms with Gasteiger partial charge in [0.2, 0.25) is 5.96 Å². The Balaban J connectivity index is 2.24. The number of hydrogen-bond donors (Lipinski definition) is 2. The Morgan fingerprint density at radius 2 is 2.00 bits per heavy atom. The summed E-state index contributed by atoms with van der Waals surface area (Å²) in [6.45, 7) is 4.12. The van der Waals surface area contributed by atoms with Crippen LogP contribution in [0.3, 0.4) is 0 Å². The van der Waals surface area contributed by atoms with Crippen LogP contribution < -0.4 is 11.5 Å². The summed E-state index contributed by atoms with van der Waals surface area (Å²) in [5.41, 5.74) is 14.4. The Kier molecular flexibility index (Phi) is 3.60. The molecule has 0 unspecified atom stereocenters. The molecule has 0 atom stereocenters. The molecule has 8 heteroatoms. The molecule has 22 heavy (non-hydrogen) atoms. The van der Waals surface area contributed by atoms with Gasteiger partial charge in [0.25, 0.3) is 0 Å². The smallest absolute Gasteiger partial charge is 0.211 e. The molecule has 0 saturated heterocycles. The molecule has 3 heterocycles. The standard InChI is InChI=1S/C14H15N7S/c1-8-9(2)22-14-19-12(10-3-5-17-6-4-10)11(21(8)14)7-18-20-13(15)16/h3-7H,1-2H3,(H4,15,16,20)/b18-7+. The van der Waals surface area contributed by atoms with Crippen molar-refractivity contribution in [1.29, 1.82) is 0 Å². The van der Waals surface area contributed by atoms with Crippen molar-refractivity contribution in [3.8, 4) is 11.3 Å². The molecular formula is C14H15N7S. The second-order valence-electron chi connectivity index (χ2n) is 4.71. The zero-order chi connectivity index (χ0) is 15.7. The highest BCUT2D eigenvalue weighted by atomic mass is 32.1. The van der Waals surface area contributed by atoms with Crippen LogP contribution in [0.5, 0.6) is 0 Å². The van der Waals surface area contributed by atoms with Crippen LogP contribution in [0.15, 0.2) is 34.7 Å². The van der Waals surface area contributed by atoms with Crippen molar-refractivity contribution in [2.75, 3.05) is 0 Å². The van der Waals surface area contributed by atoms with Crippen molar-refractivity contribution in [2.24, 2.45) is 21.7 Å². The van der Waals surface area contributed by atoms with Gasteiger partial charge in [0.15, 0.2) is 4.96 Å². The van der Waals surface area contributed by atoms with Crippen LogP contribution in [0.25, 0.3) is 16.2 Å². The molecule has 0 fully saturated rings. The summed E-state index contributed by atoms with van der Waals surface area (Å²) in [5.74, 6) is -0.0827. The van der Waals surface area contributed by atoms with Crippen LogP contribution in [-0.4, -0.2) is 26.5 Å². The molecule has 0 bridgehead atoms. The number of nitrogens with zero attached hydrogens (tertiary/aromatic N) is 5. The van der Waals surface area contributed by atoms with Crippen molar-refractivity contribution < 1.29 is 0 Å². The monoisotopic (exact) mass is 313 g/mol. The molecule has 112 valence electrons. The summed E-state index contributed by atoms with van der Waals surface area (Å²) < 4.78 is 2.06. The molecular weight excluding hydrogens is 298 g/mol. The molecule has 0 aliphatic heterocycles. The van der Waals surface area contributed by atoms with Crippen LogP contribution in [0.1, 0.15) is 16.3 Å². The lowest BCUT2D eigenvalue weighted by atomic mass is 10.1. The Morgan fingerprint density at radius 3 is 2.68 bits per heavy atom. The lowest BCUT2D eigenvalue weighted by Gasteiger charge is -2.00. The molecule has 4 N–H and O–H groups in total. The maximum atomic E-state index is 5.31. The summed E-state index contributed by atoms with van der Waals surface area (Å²) in [5, 5.41) is 7.61. The number of hydrogen-bond acceptors (Lipinski definition) is 5. The Hall–Kier alpha value is -2.74. The topological polar surface area (TPSA) is 107 Å². The highest BCUT2D eigenvalue weighted by Crippen LogP contribution is 2.29. The van der Waals surface area contributed by atoms with E-state index in [1.54, 1.807) is 29.9 Å². The van der Waals surface area contributed by atoms with Gasteiger partial charge in [-0.3, -0.25) is 9.38 Å². The predicted octanol–water partition coefficient (Wildman–Crippen LogP) is 1.68. The van der Waals surface area contributed by atoms with Crippen molar-refractivity contribution >= 4 is 28.5 Å². The van der Waals surface area contributed by atoms with Gasteiger partial charge in [-0.15, -0.1) is 16.4 Å². The Morgan fingerprint density at radius 1 is 1.27 bits per heavy atom. The van der Waals surface area contributed by atoms with E-state index in [0.29, 0.717) is 0 Å². The molecule has 3 aromatic heterocycles. The second-order valence-corrected chi connectivity index (χ2v) is 5.89. The molecule has 0 aliphatic rings. The summed E-state index contributed by atoms with van der Waals surface area (Å²) in [7, 11) is 0. The van der Waals surface area contributed by atoms with Gasteiger partial charge in [-0.1, -0.05) is 0 Å². The summed E-state index contributed by atoms with van der Waals surface area (Å²) in [6.07, 6.45) is 5.09. The van der Waals surface area contributed by atoms with E-state index in [2.05, 4.69) is 33.4 Å². The zero-order valence-electron chi connectivity index (χ0n) is 12.2. The summed E-state index contributed by atoms with van der Waals surface area (Å²) in [4.78, 5) is 10.9. The van der Waals surface area contributed by atoms with Crippen molar-refractivity contribution in [3.05, 3.63) is 40.8 Å². The zero-order valence-corrected chi connectivity index (χ0v) is 13.0. The molecule has 3 rings (SSSR count). The van der Waals surface area contributed by atoms with E-state index in [4.69, 9.17) is 16.5 Å². The first-order valence-electron chi connectivity index (χ1n) is 6.58. The van der Waals surface area contributed by atoms with E-state index in [1.807, 2.05) is 12.1 Å². The van der Waals surface area contributed by atoms with E-state index in [9.17, 15) is 0 Å². The molecule has 0 radical (unpaired) electrons. The molecule has 0 aliphatic carbocycles. The molecule has 0 amide bonds. The highest BCUT2D eigenvalue weighted by molar-refractivity contribution is 7.17. The third-order valence-corrected chi connectivity index (χ3v) is 4.34. The van der Waals surface area contributed by atoms with Crippen LogP contribution in [0, 0.1) is 13.8 Å². The van der Waals surface area contributed by atoms with Crippen molar-refractivity contribution in [2.45, 2.75) is 13.8 Å². The van der Waals surface area contributed by atoms with Gasteiger partial charge in [0.1, 0.15) is 0 Å². The number of aryl methyl sites for hydroxylation is 2. The first-order valence-corrected chi connectivity index (χ1v) is 7.40. The third-order valence-electron chi connectivity index (χ3n) is 3.28. The molecule has 0 aromatic carbocycles. The first kappa shape index (κ1) is 14.2. The summed E-state index contributed by atoms with van der Waals surface area (Å²) in [6, 6.07) is 3.82. The van der Waals surface area contributed by atoms with Gasteiger partial charge >= 0.3 is 0 Å². The average Bonchev–Trinajstić information content (AvgIpc) is 2.98. The first-order chi connectivity index (χ1) is 10.6. The number of nitrogens with two attached hydrogens (primary N) is 2. The summed E-state index contributed by atoms with van der Waals surface area (Å²) >= 11 is 1.64. The number of rotatable bonds is 3. The SMILES string of the molecule is Cc1sc2nc(-c3ccncc3)c(/C=N/N=C(N)N)n2c1C. The predicted molar refractivity (Wildman–Crippen MR) is 89.2 cm³/mol. The lowest BCUT2D eigenvalue weighted by molar-refractivity contribution is 1.09. The molecule has 3 aromatic rings. The highest BCUT2D eigenvalue weighted by Gasteiger charge is 2.17. The number of aromatic nitrogens is 3. The van der Waals surface area contributed by atoms with Crippen LogP contribution in [-0.2, 0) is 0 Å². The third kappa shape index (κ3) is 2.44.